The second-order valence-corrected chi connectivity index (χ2v) is 8.65. The summed E-state index contributed by atoms with van der Waals surface area (Å²) in [7, 11) is 1.59. The van der Waals surface area contributed by atoms with Crippen LogP contribution in [0.5, 0.6) is 17.2 Å². The van der Waals surface area contributed by atoms with Crippen molar-refractivity contribution in [2.45, 2.75) is 5.16 Å². The van der Waals surface area contributed by atoms with E-state index in [0.717, 1.165) is 22.0 Å². The molecule has 0 saturated carbocycles. The summed E-state index contributed by atoms with van der Waals surface area (Å²) in [6.45, 7) is 0. The molecule has 174 valence electrons. The highest BCUT2D eigenvalue weighted by atomic mass is 32.2. The maximum atomic E-state index is 13.0. The Kier molecular flexibility index (Phi) is 6.07. The minimum absolute atomic E-state index is 0.0769. The molecule has 3 N–H and O–H groups in total. The molecule has 0 aliphatic heterocycles. The number of aromatic hydroxyl groups is 2. The van der Waals surface area contributed by atoms with E-state index in [2.05, 4.69) is 20.2 Å². The van der Waals surface area contributed by atoms with Crippen molar-refractivity contribution < 1.29 is 19.7 Å². The number of nitrogens with one attached hydrogen (secondary N) is 1. The maximum Gasteiger partial charge on any atom is 0.210 e. The molecule has 0 aliphatic carbocycles. The molecule has 8 nitrogen and oxygen atoms in total. The van der Waals surface area contributed by atoms with Crippen molar-refractivity contribution in [2.24, 2.45) is 0 Å². The number of carbonyl (C=O) groups is 1. The number of methoxy groups -OCH3 is 1. The molecule has 9 heteroatoms. The number of rotatable bonds is 7. The number of benzene rings is 3. The second-order valence-electron chi connectivity index (χ2n) is 7.71. The first-order chi connectivity index (χ1) is 17.0. The first kappa shape index (κ1) is 22.4. The number of aromatic amines is 1. The zero-order valence-electron chi connectivity index (χ0n) is 18.6. The summed E-state index contributed by atoms with van der Waals surface area (Å²) < 4.78 is 5.28. The van der Waals surface area contributed by atoms with Crippen LogP contribution in [0.15, 0.2) is 78.1 Å². The van der Waals surface area contributed by atoms with Gasteiger partial charge in [0, 0.05) is 33.8 Å². The summed E-state index contributed by atoms with van der Waals surface area (Å²) in [6.07, 6.45) is 1.70. The van der Waals surface area contributed by atoms with Crippen molar-refractivity contribution in [1.82, 2.24) is 20.2 Å². The predicted molar refractivity (Wildman–Crippen MR) is 134 cm³/mol. The van der Waals surface area contributed by atoms with Gasteiger partial charge in [-0.05, 0) is 66.7 Å². The van der Waals surface area contributed by atoms with Crippen LogP contribution in [0.4, 0.5) is 0 Å². The topological polar surface area (TPSA) is 121 Å². The maximum absolute atomic E-state index is 13.0. The second kappa shape index (κ2) is 9.47. The molecule has 0 atom stereocenters. The summed E-state index contributed by atoms with van der Waals surface area (Å²) in [5.74, 6) is 1.000. The van der Waals surface area contributed by atoms with Gasteiger partial charge in [-0.1, -0.05) is 11.8 Å². The van der Waals surface area contributed by atoms with Crippen LogP contribution in [0.2, 0.25) is 0 Å². The fraction of sp³-hybridized carbons (Fsp3) is 0.0769. The molecule has 0 radical (unpaired) electrons. The molecule has 5 aromatic rings. The first-order valence-corrected chi connectivity index (χ1v) is 11.6. The third kappa shape index (κ3) is 4.67. The zero-order chi connectivity index (χ0) is 24.4. The summed E-state index contributed by atoms with van der Waals surface area (Å²) in [5.41, 5.74) is 3.96. The lowest BCUT2D eigenvalue weighted by Crippen LogP contribution is -2.04. The fourth-order valence-electron chi connectivity index (χ4n) is 3.67. The minimum atomic E-state index is -0.0769. The highest BCUT2D eigenvalue weighted by molar-refractivity contribution is 7.99. The van der Waals surface area contributed by atoms with Crippen molar-refractivity contribution in [3.05, 3.63) is 78.5 Å². The highest BCUT2D eigenvalue weighted by Crippen LogP contribution is 2.32. The average molecular weight is 485 g/mol. The molecule has 0 spiro atoms. The van der Waals surface area contributed by atoms with E-state index in [9.17, 15) is 15.0 Å². The number of carbonyl (C=O) groups excluding carboxylic acids is 1. The van der Waals surface area contributed by atoms with E-state index < -0.39 is 0 Å². The van der Waals surface area contributed by atoms with Gasteiger partial charge < -0.3 is 19.9 Å². The Hall–Kier alpha value is -4.37. The number of aromatic nitrogens is 4. The van der Waals surface area contributed by atoms with E-state index in [-0.39, 0.29) is 23.0 Å². The Morgan fingerprint density at radius 2 is 1.57 bits per heavy atom. The Balaban J connectivity index is 1.44. The summed E-state index contributed by atoms with van der Waals surface area (Å²) in [4.78, 5) is 20.8. The number of phenols is 2. The molecule has 0 bridgehead atoms. The number of H-pyrrole nitrogens is 1. The van der Waals surface area contributed by atoms with Crippen molar-refractivity contribution in [3.8, 4) is 39.8 Å². The monoisotopic (exact) mass is 484 g/mol. The van der Waals surface area contributed by atoms with E-state index >= 15 is 0 Å². The third-order valence-corrected chi connectivity index (χ3v) is 6.31. The molecule has 0 fully saturated rings. The molecule has 0 unspecified atom stereocenters. The number of nitrogens with zero attached hydrogens (tertiary/aromatic N) is 3. The molecule has 35 heavy (non-hydrogen) atoms. The lowest BCUT2D eigenvalue weighted by Gasteiger charge is -2.10. The van der Waals surface area contributed by atoms with E-state index in [1.165, 1.54) is 11.8 Å². The normalized spacial score (nSPS) is 11.0. The fourth-order valence-corrected chi connectivity index (χ4v) is 4.34. The highest BCUT2D eigenvalue weighted by Gasteiger charge is 2.17. The number of ketones is 1. The smallest absolute Gasteiger partial charge is 0.210 e. The molecular weight excluding hydrogens is 464 g/mol. The molecule has 5 rings (SSSR count). The van der Waals surface area contributed by atoms with Crippen molar-refractivity contribution in [1.29, 1.82) is 0 Å². The van der Waals surface area contributed by atoms with Gasteiger partial charge in [-0.25, -0.2) is 4.98 Å². The number of thioether (sulfide) groups is 1. The predicted octanol–water partition coefficient (Wildman–Crippen LogP) is 5.08. The molecule has 0 saturated heterocycles. The summed E-state index contributed by atoms with van der Waals surface area (Å²) in [5, 5.41) is 29.1. The lowest BCUT2D eigenvalue weighted by atomic mass is 10.0. The minimum Gasteiger partial charge on any atom is -0.508 e. The third-order valence-electron chi connectivity index (χ3n) is 5.47. The van der Waals surface area contributed by atoms with Crippen LogP contribution < -0.4 is 4.74 Å². The number of hydrogen-bond acceptors (Lipinski definition) is 8. The quantitative estimate of drug-likeness (QED) is 0.216. The molecular formula is C26H20N4O4S. The standard InChI is InChI=1S/C26H20N4O4S/c1-34-19-10-11-22-20(12-19)21(13-27-22)23(33)14-35-26-28-24(15-2-6-17(31)7-3-15)25(29-30-26)16-4-8-18(32)9-5-16/h2-13,27,31-32H,14H2,1H3. The van der Waals surface area contributed by atoms with E-state index in [1.807, 2.05) is 18.2 Å². The molecule has 2 aromatic heterocycles. The van der Waals surface area contributed by atoms with Crippen molar-refractivity contribution in [2.75, 3.05) is 12.9 Å². The number of fused-ring (bicyclic) bond motifs is 1. The van der Waals surface area contributed by atoms with Gasteiger partial charge in [0.05, 0.1) is 12.9 Å². The van der Waals surface area contributed by atoms with Crippen LogP contribution in [0.1, 0.15) is 10.4 Å². The van der Waals surface area contributed by atoms with Gasteiger partial charge >= 0.3 is 0 Å². The molecule has 0 aliphatic rings. The lowest BCUT2D eigenvalue weighted by molar-refractivity contribution is 0.102. The van der Waals surface area contributed by atoms with Crippen molar-refractivity contribution in [3.63, 3.8) is 0 Å². The Labute approximate surface area is 204 Å². The van der Waals surface area contributed by atoms with Gasteiger partial charge in [-0.3, -0.25) is 4.79 Å². The van der Waals surface area contributed by atoms with Crippen LogP contribution in [0, 0.1) is 0 Å². The SMILES string of the molecule is COc1ccc2[nH]cc(C(=O)CSc3nnc(-c4ccc(O)cc4)c(-c4ccc(O)cc4)n3)c2c1. The zero-order valence-corrected chi connectivity index (χ0v) is 19.4. The van der Waals surface area contributed by atoms with Crippen LogP contribution in [-0.2, 0) is 0 Å². The van der Waals surface area contributed by atoms with Crippen LogP contribution >= 0.6 is 11.8 Å². The largest absolute Gasteiger partial charge is 0.508 e. The number of phenolic OH excluding ortho intramolecular Hbond substituents is 2. The first-order valence-electron chi connectivity index (χ1n) is 10.7. The van der Waals surface area contributed by atoms with Crippen molar-refractivity contribution >= 4 is 28.4 Å². The number of ether oxygens (including phenoxy) is 1. The van der Waals surface area contributed by atoms with Crippen LogP contribution in [0.25, 0.3) is 33.4 Å². The number of hydrogen-bond donors (Lipinski definition) is 3. The van der Waals surface area contributed by atoms with Gasteiger partial charge in [0.1, 0.15) is 28.6 Å². The van der Waals surface area contributed by atoms with E-state index in [0.29, 0.717) is 27.9 Å². The Morgan fingerprint density at radius 3 is 2.23 bits per heavy atom. The Morgan fingerprint density at radius 1 is 0.914 bits per heavy atom. The van der Waals surface area contributed by atoms with E-state index in [4.69, 9.17) is 4.74 Å². The average Bonchev–Trinajstić information content (AvgIpc) is 3.31. The summed E-state index contributed by atoms with van der Waals surface area (Å²) in [6, 6.07) is 18.7. The molecule has 0 amide bonds. The summed E-state index contributed by atoms with van der Waals surface area (Å²) >= 11 is 1.19. The van der Waals surface area contributed by atoms with E-state index in [1.54, 1.807) is 61.8 Å². The van der Waals surface area contributed by atoms with Gasteiger partial charge in [-0.2, -0.15) is 0 Å². The van der Waals surface area contributed by atoms with Gasteiger partial charge in [0.2, 0.25) is 5.16 Å². The van der Waals surface area contributed by atoms with Gasteiger partial charge in [0.25, 0.3) is 0 Å². The molecule has 3 aromatic carbocycles. The van der Waals surface area contributed by atoms with Crippen LogP contribution in [-0.4, -0.2) is 49.0 Å². The molecule has 2 heterocycles. The van der Waals surface area contributed by atoms with Crippen LogP contribution in [0.3, 0.4) is 0 Å². The van der Waals surface area contributed by atoms with Gasteiger partial charge in [0.15, 0.2) is 5.78 Å². The number of Topliss-reactive ketones (excluding diaryl/α,β-unsaturated/α-hetero) is 1. The van der Waals surface area contributed by atoms with Gasteiger partial charge in [-0.15, -0.1) is 10.2 Å². The Bertz CT molecular complexity index is 1520.